The summed E-state index contributed by atoms with van der Waals surface area (Å²) in [7, 11) is 5.91. The largest absolute Gasteiger partial charge is 0.497 e. The highest BCUT2D eigenvalue weighted by atomic mass is 32.2. The van der Waals surface area contributed by atoms with Crippen LogP contribution in [0.3, 0.4) is 0 Å². The molecule has 2 aliphatic rings. The molecule has 198 valence electrons. The number of piperidine rings is 1. The van der Waals surface area contributed by atoms with E-state index >= 15 is 0 Å². The molecule has 36 heavy (non-hydrogen) atoms. The van der Waals surface area contributed by atoms with Gasteiger partial charge in [-0.3, -0.25) is 9.78 Å². The first-order valence-corrected chi connectivity index (χ1v) is 14.7. The van der Waals surface area contributed by atoms with Crippen LogP contribution in [-0.2, 0) is 4.79 Å². The molecule has 1 aliphatic heterocycles. The Balaban J connectivity index is 1.37. The zero-order valence-electron chi connectivity index (χ0n) is 22.2. The Morgan fingerprint density at radius 2 is 2.03 bits per heavy atom. The molecule has 6 nitrogen and oxygen atoms in total. The third-order valence-electron chi connectivity index (χ3n) is 8.25. The van der Waals surface area contributed by atoms with E-state index in [1.54, 1.807) is 7.11 Å². The molecule has 1 aromatic carbocycles. The van der Waals surface area contributed by atoms with E-state index in [2.05, 4.69) is 52.8 Å². The van der Waals surface area contributed by atoms with Gasteiger partial charge in [-0.25, -0.2) is 0 Å². The zero-order valence-corrected chi connectivity index (χ0v) is 23.0. The van der Waals surface area contributed by atoms with E-state index < -0.39 is 5.97 Å². The lowest BCUT2D eigenvalue weighted by atomic mass is 9.80. The van der Waals surface area contributed by atoms with Crippen LogP contribution in [0.4, 0.5) is 0 Å². The number of benzene rings is 1. The van der Waals surface area contributed by atoms with Gasteiger partial charge in [0, 0.05) is 41.7 Å². The van der Waals surface area contributed by atoms with Gasteiger partial charge in [-0.1, -0.05) is 19.3 Å². The number of rotatable bonds is 11. The zero-order chi connectivity index (χ0) is 25.5. The van der Waals surface area contributed by atoms with Crippen LogP contribution in [0.5, 0.6) is 5.75 Å². The maximum Gasteiger partial charge on any atom is 0.308 e. The lowest BCUT2D eigenvalue weighted by Gasteiger charge is -2.38. The van der Waals surface area contributed by atoms with Gasteiger partial charge in [0.15, 0.2) is 0 Å². The number of carbonyl (C=O) groups is 1. The monoisotopic (exact) mass is 513 g/mol. The van der Waals surface area contributed by atoms with Gasteiger partial charge < -0.3 is 19.6 Å². The van der Waals surface area contributed by atoms with Crippen molar-refractivity contribution in [2.24, 2.45) is 11.8 Å². The van der Waals surface area contributed by atoms with Crippen molar-refractivity contribution in [3.63, 3.8) is 0 Å². The molecule has 7 heteroatoms. The van der Waals surface area contributed by atoms with Gasteiger partial charge in [-0.05, 0) is 88.5 Å². The lowest BCUT2D eigenvalue weighted by Crippen LogP contribution is -2.45. The number of thioether (sulfide) groups is 1. The van der Waals surface area contributed by atoms with Crippen molar-refractivity contribution in [1.29, 1.82) is 0 Å². The highest BCUT2D eigenvalue weighted by molar-refractivity contribution is 7.99. The predicted molar refractivity (Wildman–Crippen MR) is 149 cm³/mol. The van der Waals surface area contributed by atoms with Gasteiger partial charge in [-0.15, -0.1) is 0 Å². The Labute approximate surface area is 220 Å². The summed E-state index contributed by atoms with van der Waals surface area (Å²) in [4.78, 5) is 21.5. The first kappa shape index (κ1) is 27.2. The number of fused-ring (bicyclic) bond motifs is 1. The molecular formula is C29H43N3O3S. The van der Waals surface area contributed by atoms with Crippen molar-refractivity contribution < 1.29 is 14.6 Å². The van der Waals surface area contributed by atoms with Gasteiger partial charge in [0.2, 0.25) is 0 Å². The van der Waals surface area contributed by atoms with Crippen LogP contribution in [0.25, 0.3) is 10.9 Å². The number of aliphatic carboxylic acids is 1. The summed E-state index contributed by atoms with van der Waals surface area (Å²) >= 11 is 2.11. The predicted octanol–water partition coefficient (Wildman–Crippen LogP) is 5.71. The number of nitrogens with zero attached hydrogens (tertiary/aromatic N) is 3. The normalized spacial score (nSPS) is 22.7. The van der Waals surface area contributed by atoms with Gasteiger partial charge >= 0.3 is 5.97 Å². The molecule has 0 radical (unpaired) electrons. The molecule has 1 aromatic heterocycles. The first-order chi connectivity index (χ1) is 17.5. The van der Waals surface area contributed by atoms with Gasteiger partial charge in [0.25, 0.3) is 0 Å². The van der Waals surface area contributed by atoms with E-state index in [0.717, 1.165) is 60.0 Å². The molecule has 0 amide bonds. The Morgan fingerprint density at radius 3 is 2.75 bits per heavy atom. The topological polar surface area (TPSA) is 65.9 Å². The summed E-state index contributed by atoms with van der Waals surface area (Å²) in [5.74, 6) is 1.26. The Morgan fingerprint density at radius 1 is 1.22 bits per heavy atom. The Kier molecular flexibility index (Phi) is 9.91. The molecular weight excluding hydrogens is 470 g/mol. The summed E-state index contributed by atoms with van der Waals surface area (Å²) in [5.41, 5.74) is 2.19. The molecule has 0 spiro atoms. The maximum atomic E-state index is 12.3. The molecule has 3 atom stereocenters. The van der Waals surface area contributed by atoms with Crippen LogP contribution in [-0.4, -0.2) is 77.7 Å². The third-order valence-corrected chi connectivity index (χ3v) is 9.61. The number of ether oxygens (including phenoxy) is 1. The SMILES string of the molecule is COc1ccc2nccc(C(CC[C@@H]3CCN(CCSC4CCCCC4)C[C@@H]3C(=O)O)N(C)C)c2c1. The third kappa shape index (κ3) is 6.93. The highest BCUT2D eigenvalue weighted by Crippen LogP contribution is 2.36. The lowest BCUT2D eigenvalue weighted by molar-refractivity contribution is -0.146. The first-order valence-electron chi connectivity index (χ1n) is 13.6. The minimum atomic E-state index is -0.634. The van der Waals surface area contributed by atoms with Crippen molar-refractivity contribution in [3.8, 4) is 5.75 Å². The number of hydrogen-bond donors (Lipinski definition) is 1. The van der Waals surface area contributed by atoms with E-state index in [4.69, 9.17) is 4.74 Å². The van der Waals surface area contributed by atoms with Crippen molar-refractivity contribution >= 4 is 28.6 Å². The fraction of sp³-hybridized carbons (Fsp3) is 0.655. The van der Waals surface area contributed by atoms with Crippen LogP contribution in [0.1, 0.15) is 63.0 Å². The number of carboxylic acids is 1. The fourth-order valence-corrected chi connectivity index (χ4v) is 7.47. The molecule has 1 saturated heterocycles. The second-order valence-electron chi connectivity index (χ2n) is 10.8. The Bertz CT molecular complexity index is 995. The van der Waals surface area contributed by atoms with Crippen molar-refractivity contribution in [2.75, 3.05) is 46.6 Å². The smallest absolute Gasteiger partial charge is 0.308 e. The van der Waals surface area contributed by atoms with E-state index in [1.807, 2.05) is 18.3 Å². The quantitative estimate of drug-likeness (QED) is 0.412. The highest BCUT2D eigenvalue weighted by Gasteiger charge is 2.34. The van der Waals surface area contributed by atoms with Crippen LogP contribution in [0, 0.1) is 11.8 Å². The molecule has 2 aromatic rings. The number of hydrogen-bond acceptors (Lipinski definition) is 6. The number of aromatic nitrogens is 1. The molecule has 1 saturated carbocycles. The second kappa shape index (κ2) is 13.1. The summed E-state index contributed by atoms with van der Waals surface area (Å²) in [6.07, 6.45) is 11.6. The number of pyridine rings is 1. The van der Waals surface area contributed by atoms with E-state index in [-0.39, 0.29) is 17.9 Å². The molecule has 1 N–H and O–H groups in total. The van der Waals surface area contributed by atoms with E-state index in [9.17, 15) is 9.90 Å². The van der Waals surface area contributed by atoms with Gasteiger partial charge in [0.05, 0.1) is 18.5 Å². The average Bonchev–Trinajstić information content (AvgIpc) is 2.89. The standard InChI is InChI=1S/C29H43N3O3S/c1-31(2)28(24-13-15-30-27-11-10-22(35-3)19-25(24)27)12-9-21-14-16-32(20-26(21)29(33)34)17-18-36-23-7-5-4-6-8-23/h10-11,13,15,19,21,23,26,28H,4-9,12,14,16-18,20H2,1-3H3,(H,33,34)/t21-,26+,28?/m1/s1. The summed E-state index contributed by atoms with van der Waals surface area (Å²) in [6, 6.07) is 8.32. The van der Waals surface area contributed by atoms with Crippen molar-refractivity contribution in [3.05, 3.63) is 36.0 Å². The molecule has 1 unspecified atom stereocenters. The average molecular weight is 514 g/mol. The van der Waals surface area contributed by atoms with Gasteiger partial charge in [0.1, 0.15) is 5.75 Å². The summed E-state index contributed by atoms with van der Waals surface area (Å²) < 4.78 is 5.47. The van der Waals surface area contributed by atoms with E-state index in [0.29, 0.717) is 6.54 Å². The minimum absolute atomic E-state index is 0.196. The van der Waals surface area contributed by atoms with E-state index in [1.165, 1.54) is 37.7 Å². The van der Waals surface area contributed by atoms with Crippen molar-refractivity contribution in [1.82, 2.24) is 14.8 Å². The summed E-state index contributed by atoms with van der Waals surface area (Å²) in [6.45, 7) is 2.72. The van der Waals surface area contributed by atoms with Crippen LogP contribution in [0.2, 0.25) is 0 Å². The fourth-order valence-electron chi connectivity index (χ4n) is 6.10. The minimum Gasteiger partial charge on any atom is -0.497 e. The molecule has 4 rings (SSSR count). The number of methoxy groups -OCH3 is 1. The second-order valence-corrected chi connectivity index (χ2v) is 12.2. The number of carboxylic acid groups (broad SMARTS) is 1. The van der Waals surface area contributed by atoms with Gasteiger partial charge in [-0.2, -0.15) is 11.8 Å². The molecule has 2 heterocycles. The van der Waals surface area contributed by atoms with Crippen molar-refractivity contribution in [2.45, 2.75) is 62.7 Å². The maximum absolute atomic E-state index is 12.3. The summed E-state index contributed by atoms with van der Waals surface area (Å²) in [5, 5.41) is 12.0. The Hall–Kier alpha value is -1.83. The molecule has 0 bridgehead atoms. The van der Waals surface area contributed by atoms with Crippen LogP contribution in [0.15, 0.2) is 30.5 Å². The number of likely N-dealkylation sites (tertiary alicyclic amines) is 1. The molecule has 2 fully saturated rings. The van der Waals surface area contributed by atoms with Crippen LogP contribution < -0.4 is 4.74 Å². The molecule has 1 aliphatic carbocycles. The van der Waals surface area contributed by atoms with Crippen LogP contribution >= 0.6 is 11.8 Å².